The summed E-state index contributed by atoms with van der Waals surface area (Å²) in [6, 6.07) is 20.6. The predicted octanol–water partition coefficient (Wildman–Crippen LogP) is 6.41. The van der Waals surface area contributed by atoms with Crippen LogP contribution in [0.2, 0.25) is 10.0 Å². The normalized spacial score (nSPS) is 20.2. The highest BCUT2D eigenvalue weighted by molar-refractivity contribution is 6.39. The number of hydrogen-bond acceptors (Lipinski definition) is 7. The largest absolute Gasteiger partial charge is 0.481 e. The van der Waals surface area contributed by atoms with Gasteiger partial charge in [-0.3, -0.25) is 14.6 Å². The zero-order chi connectivity index (χ0) is 33.9. The quantitative estimate of drug-likeness (QED) is 0.143. The molecule has 1 aliphatic carbocycles. The maximum Gasteiger partial charge on any atom is 0.220 e. The zero-order valence-corrected chi connectivity index (χ0v) is 29.0. The molecule has 254 valence electrons. The van der Waals surface area contributed by atoms with Crippen molar-refractivity contribution in [3.05, 3.63) is 87.5 Å². The number of halogens is 2. The highest BCUT2D eigenvalue weighted by Gasteiger charge is 2.26. The summed E-state index contributed by atoms with van der Waals surface area (Å²) in [4.78, 5) is 33.1. The van der Waals surface area contributed by atoms with Crippen LogP contribution in [0.15, 0.2) is 60.7 Å². The van der Waals surface area contributed by atoms with Crippen molar-refractivity contribution in [2.75, 3.05) is 20.2 Å². The average molecular weight is 700 g/mol. The third-order valence-corrected chi connectivity index (χ3v) is 10.6. The first-order chi connectivity index (χ1) is 23.9. The van der Waals surface area contributed by atoms with E-state index in [1.54, 1.807) is 7.11 Å². The lowest BCUT2D eigenvalue weighted by atomic mass is 9.90. The van der Waals surface area contributed by atoms with Crippen LogP contribution in [0.25, 0.3) is 33.6 Å². The molecule has 0 spiro atoms. The summed E-state index contributed by atoms with van der Waals surface area (Å²) < 4.78 is 5.66. The third kappa shape index (κ3) is 7.31. The van der Waals surface area contributed by atoms with Gasteiger partial charge in [-0.25, -0.2) is 4.98 Å². The second-order valence-corrected chi connectivity index (χ2v) is 13.8. The van der Waals surface area contributed by atoms with Crippen LogP contribution in [0.1, 0.15) is 61.4 Å². The van der Waals surface area contributed by atoms with Crippen LogP contribution in [-0.2, 0) is 22.6 Å². The van der Waals surface area contributed by atoms with E-state index < -0.39 is 0 Å². The van der Waals surface area contributed by atoms with Gasteiger partial charge in [0.05, 0.1) is 28.5 Å². The van der Waals surface area contributed by atoms with Gasteiger partial charge >= 0.3 is 0 Å². The van der Waals surface area contributed by atoms with Gasteiger partial charge in [-0.1, -0.05) is 71.7 Å². The Labute approximate surface area is 296 Å². The second-order valence-electron chi connectivity index (χ2n) is 13.0. The van der Waals surface area contributed by atoms with E-state index >= 15 is 0 Å². The highest BCUT2D eigenvalue weighted by Crippen LogP contribution is 2.42. The Morgan fingerprint density at radius 2 is 1.37 bits per heavy atom. The minimum atomic E-state index is 0.105. The fourth-order valence-electron chi connectivity index (χ4n) is 7.15. The zero-order valence-electron chi connectivity index (χ0n) is 27.5. The predicted molar refractivity (Wildman–Crippen MR) is 193 cm³/mol. The van der Waals surface area contributed by atoms with E-state index in [0.717, 1.165) is 77.9 Å². The van der Waals surface area contributed by atoms with Gasteiger partial charge in [0.1, 0.15) is 0 Å². The first-order valence-electron chi connectivity index (χ1n) is 17.0. The van der Waals surface area contributed by atoms with Crippen LogP contribution in [0.5, 0.6) is 5.88 Å². The summed E-state index contributed by atoms with van der Waals surface area (Å²) in [6.45, 7) is 2.01. The lowest BCUT2D eigenvalue weighted by Crippen LogP contribution is -2.38. The molecule has 11 heteroatoms. The van der Waals surface area contributed by atoms with E-state index in [-0.39, 0.29) is 29.9 Å². The molecule has 9 nitrogen and oxygen atoms in total. The van der Waals surface area contributed by atoms with Crippen molar-refractivity contribution in [3.8, 4) is 39.5 Å². The minimum Gasteiger partial charge on any atom is -0.481 e. The number of aryl methyl sites for hydroxylation is 1. The summed E-state index contributed by atoms with van der Waals surface area (Å²) in [5.74, 6) is 0.759. The van der Waals surface area contributed by atoms with Crippen LogP contribution in [0.4, 0.5) is 0 Å². The SMILES string of the molecule is COc1nc(-c2cccc(-c3cccc(-c4ccc5c(n4)CCC[C@H]5NC[C@@H]4CCC(=O)N4)c3Cl)c2Cl)ccc1CNC[C@@H]1CCC(=O)N1. The minimum absolute atomic E-state index is 0.105. The number of rotatable bonds is 11. The fourth-order valence-corrected chi connectivity index (χ4v) is 7.80. The molecule has 2 aliphatic heterocycles. The average Bonchev–Trinajstić information content (AvgIpc) is 3.74. The molecular weight excluding hydrogens is 659 g/mol. The Morgan fingerprint density at radius 1 is 0.755 bits per heavy atom. The summed E-state index contributed by atoms with van der Waals surface area (Å²) in [6.07, 6.45) is 5.91. The van der Waals surface area contributed by atoms with E-state index in [1.165, 1.54) is 5.56 Å². The topological polar surface area (TPSA) is 117 Å². The first kappa shape index (κ1) is 33.5. The lowest BCUT2D eigenvalue weighted by Gasteiger charge is -2.27. The van der Waals surface area contributed by atoms with Crippen molar-refractivity contribution in [3.63, 3.8) is 0 Å². The lowest BCUT2D eigenvalue weighted by molar-refractivity contribution is -0.120. The van der Waals surface area contributed by atoms with Crippen molar-refractivity contribution in [1.29, 1.82) is 0 Å². The molecule has 3 aliphatic rings. The first-order valence-corrected chi connectivity index (χ1v) is 17.8. The summed E-state index contributed by atoms with van der Waals surface area (Å²) in [7, 11) is 1.61. The summed E-state index contributed by atoms with van der Waals surface area (Å²) in [5, 5.41) is 14.2. The molecule has 0 bridgehead atoms. The molecule has 2 saturated heterocycles. The molecule has 4 N–H and O–H groups in total. The van der Waals surface area contributed by atoms with Crippen LogP contribution < -0.4 is 26.0 Å². The van der Waals surface area contributed by atoms with Crippen LogP contribution in [-0.4, -0.2) is 54.1 Å². The molecule has 3 atom stereocenters. The van der Waals surface area contributed by atoms with Gasteiger partial charge in [0.25, 0.3) is 0 Å². The number of methoxy groups -OCH3 is 1. The van der Waals surface area contributed by atoms with Crippen LogP contribution in [0.3, 0.4) is 0 Å². The number of hydrogen-bond donors (Lipinski definition) is 4. The molecule has 49 heavy (non-hydrogen) atoms. The van der Waals surface area contributed by atoms with E-state index in [1.807, 2.05) is 48.5 Å². The number of carbonyl (C=O) groups is 2. The van der Waals surface area contributed by atoms with E-state index in [4.69, 9.17) is 37.9 Å². The molecule has 2 aromatic carbocycles. The number of carbonyl (C=O) groups excluding carboxylic acids is 2. The van der Waals surface area contributed by atoms with Crippen LogP contribution in [0, 0.1) is 0 Å². The van der Waals surface area contributed by atoms with Gasteiger partial charge < -0.3 is 26.0 Å². The van der Waals surface area contributed by atoms with Gasteiger partial charge in [0.15, 0.2) is 0 Å². The maximum atomic E-state index is 11.6. The smallest absolute Gasteiger partial charge is 0.220 e. The Kier molecular flexibility index (Phi) is 10.1. The monoisotopic (exact) mass is 698 g/mol. The second kappa shape index (κ2) is 14.8. The summed E-state index contributed by atoms with van der Waals surface area (Å²) in [5.41, 5.74) is 7.98. The van der Waals surface area contributed by atoms with Gasteiger partial charge in [0, 0.05) is 84.1 Å². The van der Waals surface area contributed by atoms with Gasteiger partial charge in [0.2, 0.25) is 17.7 Å². The van der Waals surface area contributed by atoms with E-state index in [9.17, 15) is 9.59 Å². The fraction of sp³-hybridized carbons (Fsp3) is 0.368. The molecule has 0 radical (unpaired) electrons. The van der Waals surface area contributed by atoms with Gasteiger partial charge in [-0.05, 0) is 49.8 Å². The van der Waals surface area contributed by atoms with Crippen molar-refractivity contribution >= 4 is 35.0 Å². The number of ether oxygens (including phenoxy) is 1. The molecule has 0 saturated carbocycles. The number of nitrogens with one attached hydrogen (secondary N) is 4. The maximum absolute atomic E-state index is 11.6. The van der Waals surface area contributed by atoms with E-state index in [0.29, 0.717) is 47.6 Å². The number of amides is 2. The number of aromatic nitrogens is 2. The highest BCUT2D eigenvalue weighted by atomic mass is 35.5. The number of pyridine rings is 2. The Hall–Kier alpha value is -4.02. The Bertz CT molecular complexity index is 1880. The molecule has 2 aromatic heterocycles. The molecule has 2 amide bonds. The number of fused-ring (bicyclic) bond motifs is 1. The molecule has 4 aromatic rings. The molecule has 4 heterocycles. The Morgan fingerprint density at radius 3 is 2.00 bits per heavy atom. The van der Waals surface area contributed by atoms with Gasteiger partial charge in [-0.15, -0.1) is 0 Å². The number of benzene rings is 2. The number of nitrogens with zero attached hydrogens (tertiary/aromatic N) is 2. The standard InChI is InChI=1S/C38H40Cl2N6O3/c1-49-38-22(19-41-20-23-12-17-34(47)43-23)11-15-33(46-38)29-8-3-6-26(37(29)40)25-5-2-7-28(36(25)39)32-16-14-27-30(9-4-10-31(27)45-32)42-21-24-13-18-35(48)44-24/h2-3,5-8,11,14-16,23-24,30,41-42H,4,9-10,12-13,17-21H2,1H3,(H,43,47)(H,44,48)/t23-,24-,30+/m0/s1. The van der Waals surface area contributed by atoms with E-state index in [2.05, 4.69) is 33.4 Å². The van der Waals surface area contributed by atoms with Crippen molar-refractivity contribution in [1.82, 2.24) is 31.2 Å². The van der Waals surface area contributed by atoms with Crippen molar-refractivity contribution in [2.45, 2.75) is 69.6 Å². The molecule has 7 rings (SSSR count). The van der Waals surface area contributed by atoms with Crippen LogP contribution >= 0.6 is 23.2 Å². The third-order valence-electron chi connectivity index (χ3n) is 9.75. The Balaban J connectivity index is 1.10. The molecule has 0 unspecified atom stereocenters. The molecular formula is C38H40Cl2N6O3. The van der Waals surface area contributed by atoms with Gasteiger partial charge in [-0.2, -0.15) is 0 Å². The van der Waals surface area contributed by atoms with Crippen molar-refractivity contribution < 1.29 is 14.3 Å². The van der Waals surface area contributed by atoms with Crippen molar-refractivity contribution in [2.24, 2.45) is 0 Å². The molecule has 2 fully saturated rings. The summed E-state index contributed by atoms with van der Waals surface area (Å²) >= 11 is 14.3.